The fourth-order valence-corrected chi connectivity index (χ4v) is 3.36. The number of ether oxygens (including phenoxy) is 1. The van der Waals surface area contributed by atoms with Gasteiger partial charge in [0.25, 0.3) is 0 Å². The average molecular weight is 450 g/mol. The lowest BCUT2D eigenvalue weighted by atomic mass is 10.00. The number of amides is 1. The second-order valence-corrected chi connectivity index (χ2v) is 7.95. The van der Waals surface area contributed by atoms with Crippen molar-refractivity contribution in [2.75, 3.05) is 5.32 Å². The van der Waals surface area contributed by atoms with Gasteiger partial charge in [-0.3, -0.25) is 14.4 Å². The molecule has 0 spiro atoms. The van der Waals surface area contributed by atoms with Gasteiger partial charge < -0.3 is 10.1 Å². The van der Waals surface area contributed by atoms with Gasteiger partial charge in [-0.15, -0.1) is 0 Å². The van der Waals surface area contributed by atoms with Crippen LogP contribution in [0.3, 0.4) is 0 Å². The molecule has 1 N–H and O–H groups in total. The van der Waals surface area contributed by atoms with Gasteiger partial charge in [-0.1, -0.05) is 71.8 Å². The molecule has 0 saturated carbocycles. The molecule has 0 heterocycles. The molecule has 0 unspecified atom stereocenters. The molecule has 1 atom stereocenters. The molecule has 32 heavy (non-hydrogen) atoms. The Morgan fingerprint density at radius 1 is 0.906 bits per heavy atom. The van der Waals surface area contributed by atoms with Crippen LogP contribution in [0.5, 0.6) is 0 Å². The van der Waals surface area contributed by atoms with Crippen LogP contribution in [0.25, 0.3) is 0 Å². The summed E-state index contributed by atoms with van der Waals surface area (Å²) in [6.45, 7) is 3.88. The Bertz CT molecular complexity index is 1110. The van der Waals surface area contributed by atoms with Crippen molar-refractivity contribution < 1.29 is 19.1 Å². The normalized spacial score (nSPS) is 11.5. The van der Waals surface area contributed by atoms with Gasteiger partial charge in [-0.05, 0) is 37.6 Å². The number of carbonyl (C=O) groups is 3. The average Bonchev–Trinajstić information content (AvgIpc) is 2.79. The van der Waals surface area contributed by atoms with E-state index < -0.39 is 12.1 Å². The standard InChI is InChI=1S/C26H24ClNO4/c1-17-8-13-22(18(2)16-17)28-23(29)14-15-24(30)32-26(20-9-11-21(27)12-10-20)25(31)19-6-4-3-5-7-19/h3-13,16,26H,14-15H2,1-2H3,(H,28,29)/t26-/m0/s1. The summed E-state index contributed by atoms with van der Waals surface area (Å²) in [5.41, 5.74) is 3.68. The Morgan fingerprint density at radius 2 is 1.59 bits per heavy atom. The molecule has 164 valence electrons. The topological polar surface area (TPSA) is 72.5 Å². The summed E-state index contributed by atoms with van der Waals surface area (Å²) in [6.07, 6.45) is -1.33. The largest absolute Gasteiger partial charge is 0.449 e. The van der Waals surface area contributed by atoms with E-state index in [-0.39, 0.29) is 24.5 Å². The highest BCUT2D eigenvalue weighted by Gasteiger charge is 2.26. The molecule has 5 nitrogen and oxygen atoms in total. The third-order valence-corrected chi connectivity index (χ3v) is 5.18. The molecular formula is C26H24ClNO4. The van der Waals surface area contributed by atoms with E-state index in [2.05, 4.69) is 5.32 Å². The zero-order chi connectivity index (χ0) is 23.1. The number of nitrogens with one attached hydrogen (secondary N) is 1. The minimum Gasteiger partial charge on any atom is -0.449 e. The first-order chi connectivity index (χ1) is 15.3. The molecule has 0 bridgehead atoms. The number of benzene rings is 3. The number of carbonyl (C=O) groups excluding carboxylic acids is 3. The second-order valence-electron chi connectivity index (χ2n) is 7.52. The van der Waals surface area contributed by atoms with Crippen LogP contribution in [0.15, 0.2) is 72.8 Å². The number of anilines is 1. The van der Waals surface area contributed by atoms with E-state index in [0.717, 1.165) is 11.1 Å². The first kappa shape index (κ1) is 23.2. The Morgan fingerprint density at radius 3 is 2.25 bits per heavy atom. The smallest absolute Gasteiger partial charge is 0.307 e. The number of Topliss-reactive ketones (excluding diaryl/α,β-unsaturated/α-hetero) is 1. The molecule has 0 aliphatic carbocycles. The van der Waals surface area contributed by atoms with Crippen LogP contribution in [-0.4, -0.2) is 17.7 Å². The summed E-state index contributed by atoms with van der Waals surface area (Å²) in [4.78, 5) is 37.8. The summed E-state index contributed by atoms with van der Waals surface area (Å²) in [5, 5.41) is 3.31. The highest BCUT2D eigenvalue weighted by Crippen LogP contribution is 2.25. The number of hydrogen-bond acceptors (Lipinski definition) is 4. The number of ketones is 1. The van der Waals surface area contributed by atoms with Crippen LogP contribution in [0.2, 0.25) is 5.02 Å². The molecule has 1 amide bonds. The van der Waals surface area contributed by atoms with Gasteiger partial charge in [-0.2, -0.15) is 0 Å². The van der Waals surface area contributed by atoms with E-state index in [1.54, 1.807) is 54.6 Å². The lowest BCUT2D eigenvalue weighted by Gasteiger charge is -2.18. The summed E-state index contributed by atoms with van der Waals surface area (Å²) < 4.78 is 5.52. The van der Waals surface area contributed by atoms with Gasteiger partial charge in [0.2, 0.25) is 11.7 Å². The van der Waals surface area contributed by atoms with Crippen LogP contribution in [0.1, 0.15) is 46.0 Å². The highest BCUT2D eigenvalue weighted by molar-refractivity contribution is 6.30. The number of rotatable bonds is 8. The van der Waals surface area contributed by atoms with Gasteiger partial charge >= 0.3 is 5.97 Å². The van der Waals surface area contributed by atoms with Gasteiger partial charge in [0.15, 0.2) is 6.10 Å². The van der Waals surface area contributed by atoms with Crippen molar-refractivity contribution in [2.45, 2.75) is 32.8 Å². The maximum atomic E-state index is 13.0. The molecule has 6 heteroatoms. The molecule has 0 fully saturated rings. The van der Waals surface area contributed by atoms with Crippen molar-refractivity contribution in [1.29, 1.82) is 0 Å². The summed E-state index contributed by atoms with van der Waals surface area (Å²) in [6, 6.07) is 20.9. The Hall–Kier alpha value is -3.44. The molecule has 3 aromatic carbocycles. The first-order valence-electron chi connectivity index (χ1n) is 10.2. The number of halogens is 1. The van der Waals surface area contributed by atoms with Crippen molar-refractivity contribution >= 4 is 34.9 Å². The minimum atomic E-state index is -1.12. The van der Waals surface area contributed by atoms with E-state index in [9.17, 15) is 14.4 Å². The van der Waals surface area contributed by atoms with E-state index in [0.29, 0.717) is 21.8 Å². The van der Waals surface area contributed by atoms with Crippen LogP contribution in [0, 0.1) is 13.8 Å². The van der Waals surface area contributed by atoms with Crippen LogP contribution in [-0.2, 0) is 14.3 Å². The van der Waals surface area contributed by atoms with Crippen molar-refractivity contribution in [2.24, 2.45) is 0 Å². The van der Waals surface area contributed by atoms with Crippen molar-refractivity contribution in [3.63, 3.8) is 0 Å². The Labute approximate surface area is 192 Å². The number of aryl methyl sites for hydroxylation is 2. The van der Waals surface area contributed by atoms with E-state index in [4.69, 9.17) is 16.3 Å². The predicted octanol–water partition coefficient (Wildman–Crippen LogP) is 5.84. The van der Waals surface area contributed by atoms with E-state index in [1.807, 2.05) is 32.0 Å². The molecule has 0 aromatic heterocycles. The predicted molar refractivity (Wildman–Crippen MR) is 125 cm³/mol. The highest BCUT2D eigenvalue weighted by atomic mass is 35.5. The van der Waals surface area contributed by atoms with Crippen molar-refractivity contribution in [1.82, 2.24) is 0 Å². The van der Waals surface area contributed by atoms with Crippen molar-refractivity contribution in [3.8, 4) is 0 Å². The molecule has 0 aliphatic heterocycles. The molecule has 0 aliphatic rings. The summed E-state index contributed by atoms with van der Waals surface area (Å²) >= 11 is 5.95. The van der Waals surface area contributed by atoms with Gasteiger partial charge in [0.1, 0.15) is 0 Å². The van der Waals surface area contributed by atoms with Gasteiger partial charge in [-0.25, -0.2) is 0 Å². The monoisotopic (exact) mass is 449 g/mol. The second kappa shape index (κ2) is 10.7. The maximum Gasteiger partial charge on any atom is 0.307 e. The summed E-state index contributed by atoms with van der Waals surface area (Å²) in [7, 11) is 0. The van der Waals surface area contributed by atoms with E-state index in [1.165, 1.54) is 0 Å². The minimum absolute atomic E-state index is 0.0565. The van der Waals surface area contributed by atoms with Gasteiger partial charge in [0, 0.05) is 28.3 Å². The zero-order valence-electron chi connectivity index (χ0n) is 17.9. The fraction of sp³-hybridized carbons (Fsp3) is 0.192. The molecular weight excluding hydrogens is 426 g/mol. The lowest BCUT2D eigenvalue weighted by molar-refractivity contribution is -0.148. The molecule has 3 aromatic rings. The fourth-order valence-electron chi connectivity index (χ4n) is 3.24. The third-order valence-electron chi connectivity index (χ3n) is 4.93. The summed E-state index contributed by atoms with van der Waals surface area (Å²) in [5.74, 6) is -1.28. The zero-order valence-corrected chi connectivity index (χ0v) is 18.7. The third kappa shape index (κ3) is 6.28. The molecule has 0 saturated heterocycles. The Kier molecular flexibility index (Phi) is 7.79. The first-order valence-corrected chi connectivity index (χ1v) is 10.6. The van der Waals surface area contributed by atoms with Crippen LogP contribution >= 0.6 is 11.6 Å². The van der Waals surface area contributed by atoms with Crippen molar-refractivity contribution in [3.05, 3.63) is 100 Å². The van der Waals surface area contributed by atoms with Gasteiger partial charge in [0.05, 0.1) is 6.42 Å². The van der Waals surface area contributed by atoms with Crippen LogP contribution < -0.4 is 5.32 Å². The number of hydrogen-bond donors (Lipinski definition) is 1. The SMILES string of the molecule is Cc1ccc(NC(=O)CCC(=O)O[C@H](C(=O)c2ccccc2)c2ccc(Cl)cc2)c(C)c1. The maximum absolute atomic E-state index is 13.0. The van der Waals surface area contributed by atoms with Crippen LogP contribution in [0.4, 0.5) is 5.69 Å². The molecule has 3 rings (SSSR count). The number of esters is 1. The quantitative estimate of drug-likeness (QED) is 0.346. The van der Waals surface area contributed by atoms with E-state index >= 15 is 0 Å². The molecule has 0 radical (unpaired) electrons. The Balaban J connectivity index is 1.66. The lowest BCUT2D eigenvalue weighted by Crippen LogP contribution is -2.21.